The second-order valence-corrected chi connectivity index (χ2v) is 6.68. The first-order valence-corrected chi connectivity index (χ1v) is 8.36. The van der Waals surface area contributed by atoms with Gasteiger partial charge in [-0.25, -0.2) is 0 Å². The number of nitrogens with one attached hydrogen (secondary N) is 1. The van der Waals surface area contributed by atoms with Gasteiger partial charge in [0.15, 0.2) is 0 Å². The molecule has 23 heavy (non-hydrogen) atoms. The fraction of sp³-hybridized carbons (Fsp3) is 0.529. The van der Waals surface area contributed by atoms with Gasteiger partial charge < -0.3 is 15.0 Å². The van der Waals surface area contributed by atoms with Gasteiger partial charge in [-0.05, 0) is 37.5 Å². The van der Waals surface area contributed by atoms with Crippen molar-refractivity contribution in [3.05, 3.63) is 28.8 Å². The lowest BCUT2D eigenvalue weighted by atomic mass is 10.1. The van der Waals surface area contributed by atoms with Gasteiger partial charge in [-0.15, -0.1) is 0 Å². The zero-order chi connectivity index (χ0) is 16.4. The Morgan fingerprint density at radius 3 is 2.83 bits per heavy atom. The van der Waals surface area contributed by atoms with E-state index in [-0.39, 0.29) is 30.2 Å². The lowest BCUT2D eigenvalue weighted by molar-refractivity contribution is -0.131. The molecule has 0 bridgehead atoms. The molecule has 0 spiro atoms. The quantitative estimate of drug-likeness (QED) is 0.923. The number of carbonyl (C=O) groups is 2. The van der Waals surface area contributed by atoms with E-state index >= 15 is 0 Å². The van der Waals surface area contributed by atoms with Crippen molar-refractivity contribution in [1.29, 1.82) is 0 Å². The predicted molar refractivity (Wildman–Crippen MR) is 88.5 cm³/mol. The van der Waals surface area contributed by atoms with Crippen LogP contribution in [0.2, 0.25) is 5.02 Å². The number of aryl methyl sites for hydroxylation is 1. The summed E-state index contributed by atoms with van der Waals surface area (Å²) in [6.07, 6.45) is 1.99. The molecule has 1 unspecified atom stereocenters. The number of carbonyl (C=O) groups excluding carboxylic acids is 2. The van der Waals surface area contributed by atoms with E-state index in [9.17, 15) is 9.59 Å². The first-order valence-electron chi connectivity index (χ1n) is 7.99. The van der Waals surface area contributed by atoms with Crippen LogP contribution in [-0.2, 0) is 14.3 Å². The molecule has 5 nitrogen and oxygen atoms in total. The van der Waals surface area contributed by atoms with E-state index in [1.165, 1.54) is 0 Å². The highest BCUT2D eigenvalue weighted by molar-refractivity contribution is 6.31. The van der Waals surface area contributed by atoms with Crippen LogP contribution in [0, 0.1) is 12.8 Å². The Bertz CT molecular complexity index is 614. The van der Waals surface area contributed by atoms with E-state index < -0.39 is 0 Å². The molecular formula is C17H21ClN2O3. The highest BCUT2D eigenvalue weighted by atomic mass is 35.5. The molecule has 2 amide bonds. The number of rotatable bonds is 3. The van der Waals surface area contributed by atoms with Crippen molar-refractivity contribution < 1.29 is 14.3 Å². The molecule has 2 saturated heterocycles. The van der Waals surface area contributed by atoms with Crippen LogP contribution in [0.15, 0.2) is 18.2 Å². The smallest absolute Gasteiger partial charge is 0.229 e. The molecule has 1 aromatic carbocycles. The number of hydrogen-bond acceptors (Lipinski definition) is 3. The molecule has 2 aliphatic rings. The summed E-state index contributed by atoms with van der Waals surface area (Å²) in [5.74, 6) is -0.345. The van der Waals surface area contributed by atoms with Gasteiger partial charge in [0.25, 0.3) is 0 Å². The lowest BCUT2D eigenvalue weighted by Gasteiger charge is -2.31. The highest BCUT2D eigenvalue weighted by Crippen LogP contribution is 2.27. The topological polar surface area (TPSA) is 58.6 Å². The number of amides is 2. The van der Waals surface area contributed by atoms with E-state index in [1.807, 2.05) is 17.9 Å². The summed E-state index contributed by atoms with van der Waals surface area (Å²) in [5, 5.41) is 3.49. The minimum absolute atomic E-state index is 0.0693. The molecular weight excluding hydrogens is 316 g/mol. The van der Waals surface area contributed by atoms with Crippen LogP contribution in [-0.4, -0.2) is 42.5 Å². The summed E-state index contributed by atoms with van der Waals surface area (Å²) < 4.78 is 5.34. The maximum atomic E-state index is 12.5. The van der Waals surface area contributed by atoms with Crippen molar-refractivity contribution in [3.63, 3.8) is 0 Å². The normalized spacial score (nSPS) is 22.4. The third-order valence-corrected chi connectivity index (χ3v) is 4.85. The highest BCUT2D eigenvalue weighted by Gasteiger charge is 2.38. The van der Waals surface area contributed by atoms with Crippen LogP contribution in [0.25, 0.3) is 0 Å². The Kier molecular flexibility index (Phi) is 4.87. The number of ether oxygens (including phenoxy) is 1. The van der Waals surface area contributed by atoms with Crippen LogP contribution in [0.4, 0.5) is 5.69 Å². The zero-order valence-electron chi connectivity index (χ0n) is 13.2. The van der Waals surface area contributed by atoms with E-state index in [0.717, 1.165) is 18.4 Å². The van der Waals surface area contributed by atoms with Crippen LogP contribution in [0.1, 0.15) is 24.8 Å². The third kappa shape index (κ3) is 3.67. The SMILES string of the molecule is Cc1ccc(Cl)cc1NC(=O)C1CC(=O)N(C2CCOCC2)C1. The molecule has 1 atom stereocenters. The van der Waals surface area contributed by atoms with Crippen molar-refractivity contribution >= 4 is 29.1 Å². The molecule has 0 radical (unpaired) electrons. The van der Waals surface area contributed by atoms with Crippen LogP contribution in [0.5, 0.6) is 0 Å². The molecule has 0 aromatic heterocycles. The van der Waals surface area contributed by atoms with Gasteiger partial charge in [-0.1, -0.05) is 17.7 Å². The molecule has 2 heterocycles. The van der Waals surface area contributed by atoms with Crippen molar-refractivity contribution in [3.8, 4) is 0 Å². The molecule has 3 rings (SSSR count). The Morgan fingerprint density at radius 1 is 1.35 bits per heavy atom. The minimum Gasteiger partial charge on any atom is -0.381 e. The van der Waals surface area contributed by atoms with Gasteiger partial charge in [0.1, 0.15) is 0 Å². The van der Waals surface area contributed by atoms with Gasteiger partial charge in [0.05, 0.1) is 5.92 Å². The number of nitrogens with zero attached hydrogens (tertiary/aromatic N) is 1. The standard InChI is InChI=1S/C17H21ClN2O3/c1-11-2-3-13(18)9-15(11)19-17(22)12-8-16(21)20(10-12)14-4-6-23-7-5-14/h2-3,9,12,14H,4-8,10H2,1H3,(H,19,22). The Labute approximate surface area is 140 Å². The summed E-state index contributed by atoms with van der Waals surface area (Å²) in [7, 11) is 0. The van der Waals surface area contributed by atoms with Crippen LogP contribution < -0.4 is 5.32 Å². The Balaban J connectivity index is 1.64. The largest absolute Gasteiger partial charge is 0.381 e. The zero-order valence-corrected chi connectivity index (χ0v) is 13.9. The van der Waals surface area contributed by atoms with Crippen molar-refractivity contribution in [2.45, 2.75) is 32.2 Å². The number of benzene rings is 1. The first kappa shape index (κ1) is 16.3. The summed E-state index contributed by atoms with van der Waals surface area (Å²) >= 11 is 5.98. The maximum absolute atomic E-state index is 12.5. The van der Waals surface area contributed by atoms with Gasteiger partial charge in [-0.2, -0.15) is 0 Å². The number of halogens is 1. The average molecular weight is 337 g/mol. The molecule has 2 aliphatic heterocycles. The minimum atomic E-state index is -0.302. The lowest BCUT2D eigenvalue weighted by Crippen LogP contribution is -2.41. The van der Waals surface area contributed by atoms with Gasteiger partial charge in [0, 0.05) is 42.9 Å². The summed E-state index contributed by atoms with van der Waals surface area (Å²) in [4.78, 5) is 26.6. The van der Waals surface area contributed by atoms with E-state index in [2.05, 4.69) is 5.32 Å². The summed E-state index contributed by atoms with van der Waals surface area (Å²) in [6.45, 7) is 3.79. The average Bonchev–Trinajstić information content (AvgIpc) is 2.94. The van der Waals surface area contributed by atoms with Crippen molar-refractivity contribution in [2.24, 2.45) is 5.92 Å². The molecule has 0 saturated carbocycles. The fourth-order valence-electron chi connectivity index (χ4n) is 3.22. The monoisotopic (exact) mass is 336 g/mol. The van der Waals surface area contributed by atoms with Crippen molar-refractivity contribution in [2.75, 3.05) is 25.1 Å². The molecule has 2 fully saturated rings. The maximum Gasteiger partial charge on any atom is 0.229 e. The molecule has 0 aliphatic carbocycles. The first-order chi connectivity index (χ1) is 11.0. The summed E-state index contributed by atoms with van der Waals surface area (Å²) in [5.41, 5.74) is 1.66. The molecule has 124 valence electrons. The second kappa shape index (κ2) is 6.89. The number of likely N-dealkylation sites (tertiary alicyclic amines) is 1. The van der Waals surface area contributed by atoms with E-state index in [4.69, 9.17) is 16.3 Å². The van der Waals surface area contributed by atoms with Gasteiger partial charge in [0.2, 0.25) is 11.8 Å². The molecule has 1 aromatic rings. The fourth-order valence-corrected chi connectivity index (χ4v) is 3.39. The van der Waals surface area contributed by atoms with Gasteiger partial charge in [-0.3, -0.25) is 9.59 Å². The van der Waals surface area contributed by atoms with E-state index in [1.54, 1.807) is 12.1 Å². The van der Waals surface area contributed by atoms with Crippen LogP contribution in [0.3, 0.4) is 0 Å². The Morgan fingerprint density at radius 2 is 2.09 bits per heavy atom. The summed E-state index contributed by atoms with van der Waals surface area (Å²) in [6, 6.07) is 5.61. The van der Waals surface area contributed by atoms with E-state index in [0.29, 0.717) is 30.5 Å². The molecule has 1 N–H and O–H groups in total. The Hall–Kier alpha value is -1.59. The molecule has 6 heteroatoms. The van der Waals surface area contributed by atoms with Crippen molar-refractivity contribution in [1.82, 2.24) is 4.90 Å². The number of anilines is 1. The van der Waals surface area contributed by atoms with Crippen LogP contribution >= 0.6 is 11.6 Å². The second-order valence-electron chi connectivity index (χ2n) is 6.24. The predicted octanol–water partition coefficient (Wildman–Crippen LogP) is 2.61. The number of hydrogen-bond donors (Lipinski definition) is 1. The third-order valence-electron chi connectivity index (χ3n) is 4.62. The van der Waals surface area contributed by atoms with Gasteiger partial charge >= 0.3 is 0 Å².